The summed E-state index contributed by atoms with van der Waals surface area (Å²) in [5, 5.41) is 5.27. The van der Waals surface area contributed by atoms with Gasteiger partial charge in [0.15, 0.2) is 0 Å². The van der Waals surface area contributed by atoms with Gasteiger partial charge in [-0.2, -0.15) is 0 Å². The third kappa shape index (κ3) is 4.55. The van der Waals surface area contributed by atoms with Gasteiger partial charge in [0, 0.05) is 32.9 Å². The van der Waals surface area contributed by atoms with Crippen molar-refractivity contribution in [2.45, 2.75) is 51.9 Å². The molecule has 8 rings (SSSR count). The lowest BCUT2D eigenvalue weighted by Crippen LogP contribution is -2.21. The topological polar surface area (TPSA) is 9.86 Å². The van der Waals surface area contributed by atoms with Crippen molar-refractivity contribution in [1.82, 2.24) is 9.13 Å². The molecule has 2 heterocycles. The summed E-state index contributed by atoms with van der Waals surface area (Å²) in [7, 11) is 0. The Hall–Kier alpha value is -5.08. The quantitative estimate of drug-likeness (QED) is 0.187. The number of benzene rings is 6. The average molecular weight is 597 g/mol. The van der Waals surface area contributed by atoms with Crippen molar-refractivity contribution in [2.75, 3.05) is 0 Å². The first-order valence-corrected chi connectivity index (χ1v) is 16.4. The predicted molar refractivity (Wildman–Crippen MR) is 197 cm³/mol. The van der Waals surface area contributed by atoms with Crippen molar-refractivity contribution < 1.29 is 0 Å². The van der Waals surface area contributed by atoms with Crippen LogP contribution in [0.4, 0.5) is 0 Å². The van der Waals surface area contributed by atoms with Crippen LogP contribution in [-0.4, -0.2) is 9.13 Å². The van der Waals surface area contributed by atoms with E-state index >= 15 is 0 Å². The first-order chi connectivity index (χ1) is 22.2. The number of rotatable bonds is 5. The first-order valence-electron chi connectivity index (χ1n) is 16.4. The van der Waals surface area contributed by atoms with E-state index in [-0.39, 0.29) is 10.8 Å². The van der Waals surface area contributed by atoms with Gasteiger partial charge in [-0.1, -0.05) is 120 Å². The molecule has 0 aliphatic rings. The Balaban J connectivity index is 1.25. The first kappa shape index (κ1) is 28.4. The summed E-state index contributed by atoms with van der Waals surface area (Å²) in [6.07, 6.45) is 0.927. The zero-order chi connectivity index (χ0) is 31.6. The average Bonchev–Trinajstić information content (AvgIpc) is 3.57. The van der Waals surface area contributed by atoms with E-state index in [0.717, 1.165) is 6.42 Å². The highest BCUT2D eigenvalue weighted by Gasteiger charge is 2.27. The fourth-order valence-electron chi connectivity index (χ4n) is 7.57. The van der Waals surface area contributed by atoms with Gasteiger partial charge in [0.1, 0.15) is 0 Å². The van der Waals surface area contributed by atoms with E-state index in [1.807, 2.05) is 0 Å². The minimum Gasteiger partial charge on any atom is -0.309 e. The molecule has 226 valence electrons. The molecule has 46 heavy (non-hydrogen) atoms. The van der Waals surface area contributed by atoms with Gasteiger partial charge in [-0.05, 0) is 88.5 Å². The molecule has 0 radical (unpaired) electrons. The second-order valence-corrected chi connectivity index (χ2v) is 14.5. The number of hydrogen-bond acceptors (Lipinski definition) is 0. The van der Waals surface area contributed by atoms with Crippen LogP contribution in [0.2, 0.25) is 0 Å². The van der Waals surface area contributed by atoms with Crippen LogP contribution in [0.15, 0.2) is 140 Å². The normalized spacial score (nSPS) is 12.5. The minimum absolute atomic E-state index is 0.0964. The van der Waals surface area contributed by atoms with Crippen molar-refractivity contribution in [1.29, 1.82) is 0 Å². The molecule has 2 heteroatoms. The van der Waals surface area contributed by atoms with Gasteiger partial charge in [-0.15, -0.1) is 0 Å². The van der Waals surface area contributed by atoms with Crippen LogP contribution < -0.4 is 0 Å². The standard InChI is InChI=1S/C44H40N2/c1-43(2,3)31-25-26-40-36(28-31)34-19-9-11-22-38(34)46(40)33-18-13-15-30(27-33)29-44(4,5)37-21-14-24-41-42(37)35-20-10-12-23-39(35)45(41)32-16-7-6-8-17-32/h6-28H,29H2,1-5H3. The lowest BCUT2D eigenvalue weighted by molar-refractivity contribution is 0.527. The highest BCUT2D eigenvalue weighted by Crippen LogP contribution is 2.41. The van der Waals surface area contributed by atoms with Crippen LogP contribution in [-0.2, 0) is 17.3 Å². The molecule has 0 aliphatic carbocycles. The van der Waals surface area contributed by atoms with Crippen LogP contribution >= 0.6 is 0 Å². The Morgan fingerprint density at radius 1 is 0.457 bits per heavy atom. The van der Waals surface area contributed by atoms with Crippen molar-refractivity contribution >= 4 is 43.6 Å². The molecule has 0 saturated heterocycles. The molecule has 0 amide bonds. The van der Waals surface area contributed by atoms with E-state index < -0.39 is 0 Å². The Morgan fingerprint density at radius 3 is 1.80 bits per heavy atom. The van der Waals surface area contributed by atoms with E-state index in [1.165, 1.54) is 71.7 Å². The van der Waals surface area contributed by atoms with Crippen LogP contribution in [0.25, 0.3) is 55.0 Å². The van der Waals surface area contributed by atoms with Crippen molar-refractivity contribution in [3.8, 4) is 11.4 Å². The van der Waals surface area contributed by atoms with Crippen LogP contribution in [0, 0.1) is 0 Å². The summed E-state index contributed by atoms with van der Waals surface area (Å²) in [6, 6.07) is 51.5. The van der Waals surface area contributed by atoms with E-state index in [0.29, 0.717) is 0 Å². The smallest absolute Gasteiger partial charge is 0.0544 e. The highest BCUT2D eigenvalue weighted by molar-refractivity contribution is 6.11. The summed E-state index contributed by atoms with van der Waals surface area (Å²) in [6.45, 7) is 11.7. The van der Waals surface area contributed by atoms with Crippen LogP contribution in [0.1, 0.15) is 51.3 Å². The lowest BCUT2D eigenvalue weighted by atomic mass is 9.77. The molecule has 6 aromatic carbocycles. The summed E-state index contributed by atoms with van der Waals surface area (Å²) < 4.78 is 4.86. The fraction of sp³-hybridized carbons (Fsp3) is 0.182. The lowest BCUT2D eigenvalue weighted by Gasteiger charge is -2.27. The van der Waals surface area contributed by atoms with Gasteiger partial charge in [-0.25, -0.2) is 0 Å². The maximum Gasteiger partial charge on any atom is 0.0544 e. The van der Waals surface area contributed by atoms with Gasteiger partial charge in [0.05, 0.1) is 22.1 Å². The predicted octanol–water partition coefficient (Wildman–Crippen LogP) is 11.7. The maximum atomic E-state index is 2.45. The van der Waals surface area contributed by atoms with E-state index in [4.69, 9.17) is 0 Å². The second-order valence-electron chi connectivity index (χ2n) is 14.5. The summed E-state index contributed by atoms with van der Waals surface area (Å²) in [5.41, 5.74) is 11.5. The Labute approximate surface area is 271 Å². The van der Waals surface area contributed by atoms with Gasteiger partial charge >= 0.3 is 0 Å². The Kier molecular flexibility index (Phi) is 6.48. The number of fused-ring (bicyclic) bond motifs is 6. The molecular formula is C44H40N2. The van der Waals surface area contributed by atoms with Crippen molar-refractivity contribution in [2.24, 2.45) is 0 Å². The van der Waals surface area contributed by atoms with E-state index in [9.17, 15) is 0 Å². The third-order valence-corrected chi connectivity index (χ3v) is 9.79. The molecule has 0 saturated carbocycles. The summed E-state index contributed by atoms with van der Waals surface area (Å²) in [4.78, 5) is 0. The number of aromatic nitrogens is 2. The molecular weight excluding hydrogens is 556 g/mol. The molecule has 2 aromatic heterocycles. The zero-order valence-corrected chi connectivity index (χ0v) is 27.4. The molecule has 0 N–H and O–H groups in total. The van der Waals surface area contributed by atoms with E-state index in [2.05, 4.69) is 183 Å². The Bertz CT molecular complexity index is 2390. The highest BCUT2D eigenvalue weighted by atomic mass is 15.0. The largest absolute Gasteiger partial charge is 0.309 e. The maximum absolute atomic E-state index is 2.45. The van der Waals surface area contributed by atoms with Gasteiger partial charge < -0.3 is 9.13 Å². The van der Waals surface area contributed by atoms with Gasteiger partial charge in [0.2, 0.25) is 0 Å². The van der Waals surface area contributed by atoms with E-state index in [1.54, 1.807) is 0 Å². The van der Waals surface area contributed by atoms with Crippen LogP contribution in [0.5, 0.6) is 0 Å². The molecule has 0 unspecified atom stereocenters. The summed E-state index contributed by atoms with van der Waals surface area (Å²) in [5.74, 6) is 0. The molecule has 0 spiro atoms. The molecule has 0 atom stereocenters. The zero-order valence-electron chi connectivity index (χ0n) is 27.4. The second kappa shape index (κ2) is 10.5. The SMILES string of the molecule is CC(C)(C)c1ccc2c(c1)c1ccccc1n2-c1cccc(CC(C)(C)c2cccc3c2c2ccccc2n3-c2ccccc2)c1. The number of nitrogens with zero attached hydrogens (tertiary/aromatic N) is 2. The van der Waals surface area contributed by atoms with Gasteiger partial charge in [0.25, 0.3) is 0 Å². The minimum atomic E-state index is -0.105. The molecule has 2 nitrogen and oxygen atoms in total. The number of hydrogen-bond donors (Lipinski definition) is 0. The summed E-state index contributed by atoms with van der Waals surface area (Å²) >= 11 is 0. The fourth-order valence-corrected chi connectivity index (χ4v) is 7.57. The van der Waals surface area contributed by atoms with Crippen molar-refractivity contribution in [3.63, 3.8) is 0 Å². The van der Waals surface area contributed by atoms with Crippen molar-refractivity contribution in [3.05, 3.63) is 156 Å². The molecule has 0 bridgehead atoms. The van der Waals surface area contributed by atoms with Gasteiger partial charge in [-0.3, -0.25) is 0 Å². The number of para-hydroxylation sites is 3. The third-order valence-electron chi connectivity index (χ3n) is 9.79. The monoisotopic (exact) mass is 596 g/mol. The molecule has 8 aromatic rings. The molecule has 0 fully saturated rings. The Morgan fingerprint density at radius 2 is 1.04 bits per heavy atom. The van der Waals surface area contributed by atoms with Crippen LogP contribution in [0.3, 0.4) is 0 Å². The molecule has 0 aliphatic heterocycles.